The molecule has 2 N–H and O–H groups in total. The third-order valence-corrected chi connectivity index (χ3v) is 3.29. The summed E-state index contributed by atoms with van der Waals surface area (Å²) in [5.41, 5.74) is 7.85. The van der Waals surface area contributed by atoms with Crippen LogP contribution in [0.3, 0.4) is 0 Å². The molecule has 0 unspecified atom stereocenters. The van der Waals surface area contributed by atoms with Crippen molar-refractivity contribution in [2.24, 2.45) is 0 Å². The summed E-state index contributed by atoms with van der Waals surface area (Å²) < 4.78 is 12.9. The number of carbonyl (C=O) groups excluding carboxylic acids is 1. The number of benzene rings is 2. The Labute approximate surface area is 123 Å². The molecule has 2 aromatic rings. The molecule has 2 rings (SSSR count). The van der Waals surface area contributed by atoms with Crippen LogP contribution in [0, 0.1) is 5.82 Å². The molecule has 0 heterocycles. The van der Waals surface area contributed by atoms with Gasteiger partial charge in [-0.15, -0.1) is 0 Å². The van der Waals surface area contributed by atoms with E-state index < -0.39 is 0 Å². The summed E-state index contributed by atoms with van der Waals surface area (Å²) in [6.07, 6.45) is 0. The molecule has 0 radical (unpaired) electrons. The summed E-state index contributed by atoms with van der Waals surface area (Å²) in [5, 5.41) is 0. The molecule has 4 nitrogen and oxygen atoms in total. The number of hydrogen-bond donors (Lipinski definition) is 1. The second-order valence-corrected chi connectivity index (χ2v) is 4.88. The van der Waals surface area contributed by atoms with Crippen LogP contribution < -0.4 is 15.5 Å². The fourth-order valence-corrected chi connectivity index (χ4v) is 1.94. The maximum absolute atomic E-state index is 12.9. The first-order valence-electron chi connectivity index (χ1n) is 6.56. The molecule has 0 saturated heterocycles. The molecule has 1 amide bonds. The number of rotatable bonds is 4. The van der Waals surface area contributed by atoms with Crippen molar-refractivity contribution >= 4 is 23.0 Å². The van der Waals surface area contributed by atoms with Crippen LogP contribution >= 0.6 is 0 Å². The van der Waals surface area contributed by atoms with E-state index in [1.807, 2.05) is 0 Å². The number of nitrogens with two attached hydrogens (primary N) is 1. The molecule has 0 atom stereocenters. The van der Waals surface area contributed by atoms with Crippen LogP contribution in [0.15, 0.2) is 48.5 Å². The lowest BCUT2D eigenvalue weighted by Gasteiger charge is -2.23. The van der Waals surface area contributed by atoms with E-state index >= 15 is 0 Å². The van der Waals surface area contributed by atoms with E-state index in [-0.39, 0.29) is 18.3 Å². The lowest BCUT2D eigenvalue weighted by Crippen LogP contribution is -2.36. The van der Waals surface area contributed by atoms with E-state index in [9.17, 15) is 9.18 Å². The van der Waals surface area contributed by atoms with Gasteiger partial charge < -0.3 is 15.5 Å². The molecule has 0 aliphatic carbocycles. The Morgan fingerprint density at radius 3 is 2.10 bits per heavy atom. The largest absolute Gasteiger partial charge is 0.399 e. The van der Waals surface area contributed by atoms with E-state index in [2.05, 4.69) is 0 Å². The Morgan fingerprint density at radius 2 is 1.52 bits per heavy atom. The molecule has 21 heavy (non-hydrogen) atoms. The Balaban J connectivity index is 2.03. The Kier molecular flexibility index (Phi) is 4.42. The van der Waals surface area contributed by atoms with Gasteiger partial charge in [-0.3, -0.25) is 4.79 Å². The molecule has 0 aliphatic heterocycles. The predicted octanol–water partition coefficient (Wildman–Crippen LogP) is 2.51. The van der Waals surface area contributed by atoms with Gasteiger partial charge in [-0.05, 0) is 48.5 Å². The first kappa shape index (κ1) is 14.8. The maximum atomic E-state index is 12.9. The highest BCUT2D eigenvalue weighted by atomic mass is 19.1. The van der Waals surface area contributed by atoms with Crippen LogP contribution in [0.5, 0.6) is 0 Å². The van der Waals surface area contributed by atoms with Gasteiger partial charge in [0.15, 0.2) is 0 Å². The SMILES string of the molecule is CN(CC(=O)N(C)c1ccc(N)cc1)c1ccc(F)cc1. The van der Waals surface area contributed by atoms with Gasteiger partial charge >= 0.3 is 0 Å². The molecule has 5 heteroatoms. The monoisotopic (exact) mass is 287 g/mol. The van der Waals surface area contributed by atoms with Gasteiger partial charge in [0.05, 0.1) is 6.54 Å². The van der Waals surface area contributed by atoms with Crippen LogP contribution in [-0.2, 0) is 4.79 Å². The highest BCUT2D eigenvalue weighted by Crippen LogP contribution is 2.17. The van der Waals surface area contributed by atoms with Crippen molar-refractivity contribution in [1.29, 1.82) is 0 Å². The quantitative estimate of drug-likeness (QED) is 0.879. The fourth-order valence-electron chi connectivity index (χ4n) is 1.94. The van der Waals surface area contributed by atoms with Crippen molar-refractivity contribution in [3.05, 3.63) is 54.3 Å². The third kappa shape index (κ3) is 3.72. The molecular weight excluding hydrogens is 269 g/mol. The summed E-state index contributed by atoms with van der Waals surface area (Å²) >= 11 is 0. The second kappa shape index (κ2) is 6.26. The second-order valence-electron chi connectivity index (χ2n) is 4.88. The van der Waals surface area contributed by atoms with Gasteiger partial charge in [0.1, 0.15) is 5.82 Å². The minimum Gasteiger partial charge on any atom is -0.399 e. The normalized spacial score (nSPS) is 10.2. The number of anilines is 3. The van der Waals surface area contributed by atoms with Crippen molar-refractivity contribution in [3.63, 3.8) is 0 Å². The summed E-state index contributed by atoms with van der Waals surface area (Å²) in [6.45, 7) is 0.201. The van der Waals surface area contributed by atoms with E-state index in [1.165, 1.54) is 12.1 Å². The topological polar surface area (TPSA) is 49.6 Å². The number of amides is 1. The van der Waals surface area contributed by atoms with Crippen LogP contribution in [0.25, 0.3) is 0 Å². The van der Waals surface area contributed by atoms with E-state index in [0.29, 0.717) is 5.69 Å². The van der Waals surface area contributed by atoms with E-state index in [1.54, 1.807) is 60.3 Å². The number of nitrogens with zero attached hydrogens (tertiary/aromatic N) is 2. The third-order valence-electron chi connectivity index (χ3n) is 3.29. The van der Waals surface area contributed by atoms with Gasteiger partial charge in [-0.1, -0.05) is 0 Å². The van der Waals surface area contributed by atoms with E-state index in [4.69, 9.17) is 5.73 Å². The molecule has 0 saturated carbocycles. The Bertz CT molecular complexity index is 610. The van der Waals surface area contributed by atoms with Gasteiger partial charge in [0.2, 0.25) is 5.91 Å². The molecule has 2 aromatic carbocycles. The zero-order chi connectivity index (χ0) is 15.4. The number of hydrogen-bond acceptors (Lipinski definition) is 3. The highest BCUT2D eigenvalue weighted by Gasteiger charge is 2.13. The highest BCUT2D eigenvalue weighted by molar-refractivity contribution is 5.96. The Hall–Kier alpha value is -2.56. The summed E-state index contributed by atoms with van der Waals surface area (Å²) in [6, 6.07) is 13.1. The van der Waals surface area contributed by atoms with Gasteiger partial charge in [0, 0.05) is 31.2 Å². The molecule has 0 bridgehead atoms. The zero-order valence-electron chi connectivity index (χ0n) is 12.1. The number of halogens is 1. The molecule has 0 fully saturated rings. The molecule has 0 spiro atoms. The molecular formula is C16H18FN3O. The van der Waals surface area contributed by atoms with Crippen molar-refractivity contribution < 1.29 is 9.18 Å². The summed E-state index contributed by atoms with van der Waals surface area (Å²) in [5.74, 6) is -0.357. The van der Waals surface area contributed by atoms with Gasteiger partial charge in [-0.25, -0.2) is 4.39 Å². The van der Waals surface area contributed by atoms with Crippen LogP contribution in [-0.4, -0.2) is 26.5 Å². The Morgan fingerprint density at radius 1 is 1.00 bits per heavy atom. The average molecular weight is 287 g/mol. The maximum Gasteiger partial charge on any atom is 0.246 e. The lowest BCUT2D eigenvalue weighted by molar-refractivity contribution is -0.117. The van der Waals surface area contributed by atoms with Crippen molar-refractivity contribution in [1.82, 2.24) is 0 Å². The number of nitrogen functional groups attached to an aromatic ring is 1. The lowest BCUT2D eigenvalue weighted by atomic mass is 10.2. The van der Waals surface area contributed by atoms with Crippen molar-refractivity contribution in [2.45, 2.75) is 0 Å². The predicted molar refractivity (Wildman–Crippen MR) is 83.9 cm³/mol. The van der Waals surface area contributed by atoms with Crippen LogP contribution in [0.4, 0.5) is 21.5 Å². The van der Waals surface area contributed by atoms with Crippen molar-refractivity contribution in [3.8, 4) is 0 Å². The minimum absolute atomic E-state index is 0.0633. The minimum atomic E-state index is -0.294. The first-order valence-corrected chi connectivity index (χ1v) is 6.56. The molecule has 0 aliphatic rings. The standard InChI is InChI=1S/C16H18FN3O/c1-19(14-7-3-12(17)4-8-14)11-16(21)20(2)15-9-5-13(18)6-10-15/h3-10H,11,18H2,1-2H3. The zero-order valence-corrected chi connectivity index (χ0v) is 12.1. The van der Waals surface area contributed by atoms with Crippen LogP contribution in [0.1, 0.15) is 0 Å². The van der Waals surface area contributed by atoms with Crippen LogP contribution in [0.2, 0.25) is 0 Å². The van der Waals surface area contributed by atoms with E-state index in [0.717, 1.165) is 11.4 Å². The average Bonchev–Trinajstić information content (AvgIpc) is 2.47. The van der Waals surface area contributed by atoms with Gasteiger partial charge in [-0.2, -0.15) is 0 Å². The van der Waals surface area contributed by atoms with Crippen molar-refractivity contribution in [2.75, 3.05) is 36.2 Å². The molecule has 110 valence electrons. The molecule has 0 aromatic heterocycles. The fraction of sp³-hybridized carbons (Fsp3) is 0.188. The smallest absolute Gasteiger partial charge is 0.246 e. The van der Waals surface area contributed by atoms with Gasteiger partial charge in [0.25, 0.3) is 0 Å². The number of likely N-dealkylation sites (N-methyl/N-ethyl adjacent to an activating group) is 2. The summed E-state index contributed by atoms with van der Waals surface area (Å²) in [4.78, 5) is 15.6. The first-order chi connectivity index (χ1) is 9.97. The number of carbonyl (C=O) groups is 1. The summed E-state index contributed by atoms with van der Waals surface area (Å²) in [7, 11) is 3.51.